The van der Waals surface area contributed by atoms with Crippen molar-refractivity contribution in [2.45, 2.75) is 33.0 Å². The summed E-state index contributed by atoms with van der Waals surface area (Å²) in [7, 11) is 0. The molecule has 1 aromatic heterocycles. The van der Waals surface area contributed by atoms with Crippen LogP contribution in [0.5, 0.6) is 17.2 Å². The van der Waals surface area contributed by atoms with E-state index in [1.165, 1.54) is 4.90 Å². The Balaban J connectivity index is 1.45. The van der Waals surface area contributed by atoms with Gasteiger partial charge in [-0.05, 0) is 55.8 Å². The molecule has 8 nitrogen and oxygen atoms in total. The molecular formula is C26H28N2O6. The van der Waals surface area contributed by atoms with Crippen LogP contribution in [0.25, 0.3) is 0 Å². The molecule has 0 atom stereocenters. The summed E-state index contributed by atoms with van der Waals surface area (Å²) in [5.74, 6) is 2.14. The summed E-state index contributed by atoms with van der Waals surface area (Å²) in [5.41, 5.74) is 0.888. The van der Waals surface area contributed by atoms with E-state index in [0.717, 1.165) is 5.56 Å². The predicted octanol–water partition coefficient (Wildman–Crippen LogP) is 3.85. The molecule has 0 radical (unpaired) electrons. The van der Waals surface area contributed by atoms with Crippen molar-refractivity contribution in [2.24, 2.45) is 0 Å². The summed E-state index contributed by atoms with van der Waals surface area (Å²) < 4.78 is 21.9. The van der Waals surface area contributed by atoms with Gasteiger partial charge in [0, 0.05) is 12.6 Å². The normalized spacial score (nSPS) is 12.0. The Morgan fingerprint density at radius 3 is 2.47 bits per heavy atom. The first-order valence-corrected chi connectivity index (χ1v) is 11.2. The molecule has 0 aliphatic carbocycles. The lowest BCUT2D eigenvalue weighted by Gasteiger charge is -2.30. The van der Waals surface area contributed by atoms with Gasteiger partial charge >= 0.3 is 0 Å². The second-order valence-corrected chi connectivity index (χ2v) is 8.23. The number of hydrogen-bond donors (Lipinski definition) is 0. The zero-order valence-electron chi connectivity index (χ0n) is 19.3. The molecule has 0 spiro atoms. The summed E-state index contributed by atoms with van der Waals surface area (Å²) in [4.78, 5) is 29.5. The van der Waals surface area contributed by atoms with Gasteiger partial charge in [0.05, 0.1) is 12.8 Å². The third kappa shape index (κ3) is 5.89. The summed E-state index contributed by atoms with van der Waals surface area (Å²) in [6.07, 6.45) is 1.57. The van der Waals surface area contributed by atoms with Crippen molar-refractivity contribution in [1.29, 1.82) is 0 Å². The molecule has 3 aromatic rings. The van der Waals surface area contributed by atoms with E-state index in [9.17, 15) is 9.59 Å². The van der Waals surface area contributed by atoms with Crippen LogP contribution in [-0.4, -0.2) is 47.6 Å². The molecule has 2 aromatic carbocycles. The number of para-hydroxylation sites is 1. The minimum Gasteiger partial charge on any atom is -0.484 e. The predicted molar refractivity (Wildman–Crippen MR) is 124 cm³/mol. The molecule has 1 aliphatic rings. The fourth-order valence-electron chi connectivity index (χ4n) is 3.63. The molecule has 0 fully saturated rings. The van der Waals surface area contributed by atoms with E-state index < -0.39 is 0 Å². The van der Waals surface area contributed by atoms with Crippen LogP contribution in [-0.2, 0) is 22.7 Å². The van der Waals surface area contributed by atoms with E-state index in [2.05, 4.69) is 0 Å². The molecule has 0 unspecified atom stereocenters. The van der Waals surface area contributed by atoms with E-state index in [1.54, 1.807) is 29.4 Å². The third-order valence-electron chi connectivity index (χ3n) is 5.44. The van der Waals surface area contributed by atoms with Crippen LogP contribution in [0, 0.1) is 0 Å². The van der Waals surface area contributed by atoms with Gasteiger partial charge in [-0.3, -0.25) is 9.59 Å². The van der Waals surface area contributed by atoms with Crippen molar-refractivity contribution in [3.8, 4) is 17.2 Å². The number of fused-ring (bicyclic) bond motifs is 1. The van der Waals surface area contributed by atoms with Crippen LogP contribution in [0.15, 0.2) is 71.3 Å². The van der Waals surface area contributed by atoms with Gasteiger partial charge in [0.15, 0.2) is 18.1 Å². The highest BCUT2D eigenvalue weighted by atomic mass is 16.7. The second-order valence-electron chi connectivity index (χ2n) is 8.23. The average Bonchev–Trinajstić information content (AvgIpc) is 3.52. The van der Waals surface area contributed by atoms with Gasteiger partial charge in [-0.15, -0.1) is 0 Å². The highest BCUT2D eigenvalue weighted by Gasteiger charge is 2.25. The summed E-state index contributed by atoms with van der Waals surface area (Å²) >= 11 is 0. The van der Waals surface area contributed by atoms with E-state index in [0.29, 0.717) is 29.6 Å². The number of furan rings is 1. The molecule has 0 N–H and O–H groups in total. The van der Waals surface area contributed by atoms with E-state index >= 15 is 0 Å². The van der Waals surface area contributed by atoms with Crippen molar-refractivity contribution >= 4 is 11.8 Å². The third-order valence-corrected chi connectivity index (χ3v) is 5.44. The van der Waals surface area contributed by atoms with Crippen molar-refractivity contribution in [3.63, 3.8) is 0 Å². The zero-order chi connectivity index (χ0) is 23.9. The van der Waals surface area contributed by atoms with Crippen LogP contribution in [0.1, 0.15) is 25.2 Å². The Morgan fingerprint density at radius 2 is 1.74 bits per heavy atom. The smallest absolute Gasteiger partial charge is 0.261 e. The minimum atomic E-state index is -0.256. The van der Waals surface area contributed by atoms with Gasteiger partial charge < -0.3 is 28.4 Å². The van der Waals surface area contributed by atoms with E-state index in [1.807, 2.05) is 56.3 Å². The Bertz CT molecular complexity index is 1100. The van der Waals surface area contributed by atoms with Gasteiger partial charge in [-0.2, -0.15) is 0 Å². The Kier molecular flexibility index (Phi) is 7.37. The lowest BCUT2D eigenvalue weighted by molar-refractivity contribution is -0.144. The van der Waals surface area contributed by atoms with Crippen molar-refractivity contribution in [1.82, 2.24) is 9.80 Å². The lowest BCUT2D eigenvalue weighted by Crippen LogP contribution is -2.47. The molecule has 8 heteroatoms. The first-order chi connectivity index (χ1) is 16.5. The quantitative estimate of drug-likeness (QED) is 0.453. The fourth-order valence-corrected chi connectivity index (χ4v) is 3.63. The van der Waals surface area contributed by atoms with Crippen molar-refractivity contribution in [2.75, 3.05) is 19.9 Å². The first kappa shape index (κ1) is 23.2. The number of amides is 2. The average molecular weight is 465 g/mol. The second kappa shape index (κ2) is 10.8. The Labute approximate surface area is 198 Å². The molecule has 4 rings (SSSR count). The maximum absolute atomic E-state index is 13.4. The van der Waals surface area contributed by atoms with E-state index in [4.69, 9.17) is 18.6 Å². The number of nitrogens with zero attached hydrogens (tertiary/aromatic N) is 2. The fraction of sp³-hybridized carbons (Fsp3) is 0.308. The maximum atomic E-state index is 13.4. The van der Waals surface area contributed by atoms with Gasteiger partial charge in [-0.1, -0.05) is 24.3 Å². The minimum absolute atomic E-state index is 0.0695. The molecule has 2 heterocycles. The topological polar surface area (TPSA) is 81.5 Å². The number of benzene rings is 2. The highest BCUT2D eigenvalue weighted by Crippen LogP contribution is 2.33. The maximum Gasteiger partial charge on any atom is 0.261 e. The standard InChI is InChI=1S/C26H28N2O6/c1-19(2)28(26(30)17-32-21-7-4-3-5-8-21)16-25(29)27(15-22-9-6-12-31-22)14-20-10-11-23-24(13-20)34-18-33-23/h3-13,19H,14-18H2,1-2H3. The van der Waals surface area contributed by atoms with Crippen LogP contribution in [0.3, 0.4) is 0 Å². The number of carbonyl (C=O) groups excluding carboxylic acids is 2. The zero-order valence-corrected chi connectivity index (χ0v) is 19.3. The molecule has 178 valence electrons. The Morgan fingerprint density at radius 1 is 0.941 bits per heavy atom. The van der Waals surface area contributed by atoms with Gasteiger partial charge in [0.25, 0.3) is 5.91 Å². The summed E-state index contributed by atoms with van der Waals surface area (Å²) in [6.45, 7) is 4.34. The van der Waals surface area contributed by atoms with E-state index in [-0.39, 0.29) is 44.3 Å². The molecule has 1 aliphatic heterocycles. The number of ether oxygens (including phenoxy) is 3. The number of hydrogen-bond acceptors (Lipinski definition) is 6. The summed E-state index contributed by atoms with van der Waals surface area (Å²) in [5, 5.41) is 0. The molecular weight excluding hydrogens is 436 g/mol. The molecule has 0 saturated heterocycles. The van der Waals surface area contributed by atoms with Gasteiger partial charge in [0.2, 0.25) is 12.7 Å². The summed E-state index contributed by atoms with van der Waals surface area (Å²) in [6, 6.07) is 18.1. The molecule has 0 bridgehead atoms. The number of rotatable bonds is 10. The molecule has 0 saturated carbocycles. The van der Waals surface area contributed by atoms with Crippen LogP contribution < -0.4 is 14.2 Å². The largest absolute Gasteiger partial charge is 0.484 e. The van der Waals surface area contributed by atoms with Gasteiger partial charge in [0.1, 0.15) is 18.1 Å². The first-order valence-electron chi connectivity index (χ1n) is 11.2. The Hall–Kier alpha value is -3.94. The highest BCUT2D eigenvalue weighted by molar-refractivity contribution is 5.85. The van der Waals surface area contributed by atoms with Crippen LogP contribution in [0.4, 0.5) is 0 Å². The molecule has 34 heavy (non-hydrogen) atoms. The van der Waals surface area contributed by atoms with Crippen molar-refractivity contribution < 1.29 is 28.2 Å². The number of carbonyl (C=O) groups is 2. The van der Waals surface area contributed by atoms with Gasteiger partial charge in [-0.25, -0.2) is 0 Å². The monoisotopic (exact) mass is 464 g/mol. The van der Waals surface area contributed by atoms with Crippen LogP contribution >= 0.6 is 0 Å². The lowest BCUT2D eigenvalue weighted by atomic mass is 10.1. The van der Waals surface area contributed by atoms with Crippen LogP contribution in [0.2, 0.25) is 0 Å². The van der Waals surface area contributed by atoms with Crippen molar-refractivity contribution in [3.05, 3.63) is 78.3 Å². The molecule has 2 amide bonds. The SMILES string of the molecule is CC(C)N(CC(=O)N(Cc1ccc2c(c1)OCO2)Cc1ccco1)C(=O)COc1ccccc1.